The van der Waals surface area contributed by atoms with Gasteiger partial charge in [0.1, 0.15) is 13.2 Å². The average Bonchev–Trinajstić information content (AvgIpc) is 2.86. The first-order chi connectivity index (χ1) is 8.16. The van der Waals surface area contributed by atoms with Crippen molar-refractivity contribution in [3.05, 3.63) is 23.8 Å². The number of carboxylic acid groups (broad SMARTS) is 1. The Bertz CT molecular complexity index is 516. The Labute approximate surface area is 96.0 Å². The first-order valence-electron chi connectivity index (χ1n) is 4.83. The zero-order valence-electron chi connectivity index (χ0n) is 9.04. The quantitative estimate of drug-likeness (QED) is 0.836. The predicted molar refractivity (Wildman–Crippen MR) is 54.0 cm³/mol. The number of furan rings is 1. The molecule has 90 valence electrons. The van der Waals surface area contributed by atoms with Crippen molar-refractivity contribution < 1.29 is 23.5 Å². The molecule has 2 rings (SSSR count). The summed E-state index contributed by atoms with van der Waals surface area (Å²) < 4.78 is 15.2. The SMILES string of the molecule is Cc1ccoc1-c1nnc(COCC(=O)O)o1. The monoisotopic (exact) mass is 238 g/mol. The molecular weight excluding hydrogens is 228 g/mol. The highest BCUT2D eigenvalue weighted by Crippen LogP contribution is 2.22. The molecule has 7 heteroatoms. The largest absolute Gasteiger partial charge is 0.480 e. The van der Waals surface area contributed by atoms with E-state index in [1.807, 2.05) is 6.92 Å². The highest BCUT2D eigenvalue weighted by molar-refractivity contribution is 5.67. The van der Waals surface area contributed by atoms with E-state index in [0.717, 1.165) is 5.56 Å². The van der Waals surface area contributed by atoms with Crippen LogP contribution >= 0.6 is 0 Å². The molecule has 0 saturated carbocycles. The first-order valence-corrected chi connectivity index (χ1v) is 4.83. The Morgan fingerprint density at radius 1 is 1.53 bits per heavy atom. The molecular formula is C10H10N2O5. The summed E-state index contributed by atoms with van der Waals surface area (Å²) in [4.78, 5) is 10.2. The smallest absolute Gasteiger partial charge is 0.329 e. The molecule has 0 amide bonds. The van der Waals surface area contributed by atoms with Gasteiger partial charge in [0.2, 0.25) is 5.89 Å². The van der Waals surface area contributed by atoms with Gasteiger partial charge >= 0.3 is 5.97 Å². The molecule has 0 atom stereocenters. The van der Waals surface area contributed by atoms with Crippen LogP contribution in [0.15, 0.2) is 21.2 Å². The van der Waals surface area contributed by atoms with Crippen LogP contribution in [0.5, 0.6) is 0 Å². The minimum atomic E-state index is -1.05. The molecule has 0 saturated heterocycles. The molecule has 0 aliphatic heterocycles. The van der Waals surface area contributed by atoms with Crippen LogP contribution in [0.4, 0.5) is 0 Å². The second-order valence-corrected chi connectivity index (χ2v) is 3.32. The second kappa shape index (κ2) is 4.79. The number of aromatic nitrogens is 2. The van der Waals surface area contributed by atoms with Crippen LogP contribution < -0.4 is 0 Å². The van der Waals surface area contributed by atoms with Gasteiger partial charge in [-0.3, -0.25) is 0 Å². The molecule has 17 heavy (non-hydrogen) atoms. The van der Waals surface area contributed by atoms with Gasteiger partial charge in [-0.05, 0) is 13.0 Å². The summed E-state index contributed by atoms with van der Waals surface area (Å²) in [7, 11) is 0. The van der Waals surface area contributed by atoms with Gasteiger partial charge in [-0.1, -0.05) is 0 Å². The van der Waals surface area contributed by atoms with Crippen LogP contribution in [0.25, 0.3) is 11.7 Å². The summed E-state index contributed by atoms with van der Waals surface area (Å²) in [6, 6.07) is 1.78. The minimum Gasteiger partial charge on any atom is -0.480 e. The van der Waals surface area contributed by atoms with Crippen molar-refractivity contribution in [3.63, 3.8) is 0 Å². The van der Waals surface area contributed by atoms with E-state index in [1.165, 1.54) is 6.26 Å². The van der Waals surface area contributed by atoms with Crippen molar-refractivity contribution in [3.8, 4) is 11.7 Å². The fraction of sp³-hybridized carbons (Fsp3) is 0.300. The summed E-state index contributed by atoms with van der Waals surface area (Å²) in [6.45, 7) is 1.40. The molecule has 0 aliphatic carbocycles. The third-order valence-electron chi connectivity index (χ3n) is 1.97. The summed E-state index contributed by atoms with van der Waals surface area (Å²) in [6.07, 6.45) is 1.52. The van der Waals surface area contributed by atoms with Gasteiger partial charge in [0.25, 0.3) is 5.89 Å². The van der Waals surface area contributed by atoms with Crippen molar-refractivity contribution in [2.75, 3.05) is 6.61 Å². The maximum atomic E-state index is 10.2. The number of rotatable bonds is 5. The highest BCUT2D eigenvalue weighted by Gasteiger charge is 2.14. The lowest BCUT2D eigenvalue weighted by Gasteiger charge is -1.94. The summed E-state index contributed by atoms with van der Waals surface area (Å²) >= 11 is 0. The van der Waals surface area contributed by atoms with E-state index in [2.05, 4.69) is 10.2 Å². The molecule has 0 radical (unpaired) electrons. The van der Waals surface area contributed by atoms with Crippen LogP contribution in [-0.2, 0) is 16.1 Å². The van der Waals surface area contributed by atoms with Gasteiger partial charge < -0.3 is 18.7 Å². The molecule has 2 aromatic rings. The number of hydrogen-bond acceptors (Lipinski definition) is 6. The number of nitrogens with zero attached hydrogens (tertiary/aromatic N) is 2. The van der Waals surface area contributed by atoms with Gasteiger partial charge in [-0.2, -0.15) is 0 Å². The van der Waals surface area contributed by atoms with Crippen molar-refractivity contribution in [1.82, 2.24) is 10.2 Å². The van der Waals surface area contributed by atoms with E-state index in [9.17, 15) is 4.79 Å². The van der Waals surface area contributed by atoms with Crippen LogP contribution in [0, 0.1) is 6.92 Å². The standard InChI is InChI=1S/C10H10N2O5/c1-6-2-3-16-9(6)10-12-11-7(17-10)4-15-5-8(13)14/h2-3H,4-5H2,1H3,(H,13,14). The molecule has 1 N–H and O–H groups in total. The van der Waals surface area contributed by atoms with E-state index in [4.69, 9.17) is 18.7 Å². The number of hydrogen-bond donors (Lipinski definition) is 1. The Balaban J connectivity index is 2.01. The Kier molecular flexibility index (Phi) is 3.20. The van der Waals surface area contributed by atoms with Gasteiger partial charge in [-0.25, -0.2) is 4.79 Å². The van der Waals surface area contributed by atoms with Gasteiger partial charge in [-0.15, -0.1) is 10.2 Å². The summed E-state index contributed by atoms with van der Waals surface area (Å²) in [5, 5.41) is 15.9. The maximum Gasteiger partial charge on any atom is 0.329 e. The van der Waals surface area contributed by atoms with Gasteiger partial charge in [0.15, 0.2) is 5.76 Å². The van der Waals surface area contributed by atoms with Crippen molar-refractivity contribution >= 4 is 5.97 Å². The molecule has 7 nitrogen and oxygen atoms in total. The number of aryl methyl sites for hydroxylation is 1. The van der Waals surface area contributed by atoms with E-state index in [-0.39, 0.29) is 18.4 Å². The predicted octanol–water partition coefficient (Wildman–Crippen LogP) is 1.24. The molecule has 0 unspecified atom stereocenters. The van der Waals surface area contributed by atoms with E-state index in [1.54, 1.807) is 6.07 Å². The Morgan fingerprint density at radius 3 is 3.00 bits per heavy atom. The fourth-order valence-electron chi connectivity index (χ4n) is 1.22. The van der Waals surface area contributed by atoms with Crippen molar-refractivity contribution in [2.45, 2.75) is 13.5 Å². The number of ether oxygens (including phenoxy) is 1. The zero-order chi connectivity index (χ0) is 12.3. The van der Waals surface area contributed by atoms with Gasteiger partial charge in [0, 0.05) is 5.56 Å². The molecule has 0 bridgehead atoms. The first kappa shape index (κ1) is 11.3. The van der Waals surface area contributed by atoms with Gasteiger partial charge in [0.05, 0.1) is 6.26 Å². The van der Waals surface area contributed by atoms with Crippen molar-refractivity contribution in [1.29, 1.82) is 0 Å². The molecule has 0 aliphatic rings. The topological polar surface area (TPSA) is 98.6 Å². The number of carboxylic acids is 1. The van der Waals surface area contributed by atoms with Crippen LogP contribution in [-0.4, -0.2) is 27.9 Å². The van der Waals surface area contributed by atoms with Crippen LogP contribution in [0.3, 0.4) is 0 Å². The average molecular weight is 238 g/mol. The van der Waals surface area contributed by atoms with E-state index >= 15 is 0 Å². The summed E-state index contributed by atoms with van der Waals surface area (Å²) in [5.74, 6) is -0.0907. The third-order valence-corrected chi connectivity index (χ3v) is 1.97. The van der Waals surface area contributed by atoms with Crippen molar-refractivity contribution in [2.24, 2.45) is 0 Å². The number of carbonyl (C=O) groups is 1. The summed E-state index contributed by atoms with van der Waals surface area (Å²) in [5.41, 5.74) is 0.881. The lowest BCUT2D eigenvalue weighted by atomic mass is 10.3. The molecule has 0 fully saturated rings. The normalized spacial score (nSPS) is 10.6. The Morgan fingerprint density at radius 2 is 2.35 bits per heavy atom. The molecule has 0 aromatic carbocycles. The maximum absolute atomic E-state index is 10.2. The zero-order valence-corrected chi connectivity index (χ0v) is 9.04. The fourth-order valence-corrected chi connectivity index (χ4v) is 1.22. The third kappa shape index (κ3) is 2.70. The molecule has 2 aromatic heterocycles. The second-order valence-electron chi connectivity index (χ2n) is 3.32. The lowest BCUT2D eigenvalue weighted by molar-refractivity contribution is -0.142. The minimum absolute atomic E-state index is 0.0426. The Hall–Kier alpha value is -2.15. The molecule has 0 spiro atoms. The lowest BCUT2D eigenvalue weighted by Crippen LogP contribution is -2.06. The van der Waals surface area contributed by atoms with E-state index < -0.39 is 12.6 Å². The van der Waals surface area contributed by atoms with E-state index in [0.29, 0.717) is 5.76 Å². The van der Waals surface area contributed by atoms with Crippen LogP contribution in [0.1, 0.15) is 11.5 Å². The highest BCUT2D eigenvalue weighted by atomic mass is 16.5. The number of aliphatic carboxylic acids is 1. The molecule has 2 heterocycles. The van der Waals surface area contributed by atoms with Crippen LogP contribution in [0.2, 0.25) is 0 Å².